The molecule has 1 rings (SSSR count). The van der Waals surface area contributed by atoms with E-state index in [4.69, 9.17) is 9.84 Å². The number of aliphatic hydroxyl groups is 1. The number of rotatable bonds is 5. The molecule has 2 nitrogen and oxygen atoms in total. The Labute approximate surface area is 110 Å². The lowest BCUT2D eigenvalue weighted by Gasteiger charge is -2.17. The summed E-state index contributed by atoms with van der Waals surface area (Å²) in [6, 6.07) is 7.99. The molecule has 2 heteroatoms. The Hall–Kier alpha value is -1.30. The highest BCUT2D eigenvalue weighted by Gasteiger charge is 2.08. The number of hydrogen-bond acceptors (Lipinski definition) is 2. The maximum Gasteiger partial charge on any atom is 0.0732 e. The molecule has 0 saturated carbocycles. The first-order chi connectivity index (χ1) is 8.65. The topological polar surface area (TPSA) is 29.5 Å². The average molecular weight is 246 g/mol. The van der Waals surface area contributed by atoms with Gasteiger partial charge in [-0.2, -0.15) is 0 Å². The monoisotopic (exact) mass is 246 g/mol. The van der Waals surface area contributed by atoms with Crippen molar-refractivity contribution in [3.63, 3.8) is 0 Å². The first-order valence-electron chi connectivity index (χ1n) is 6.44. The molecule has 0 amide bonds. The lowest BCUT2D eigenvalue weighted by atomic mass is 10.1. The molecule has 1 aromatic rings. The van der Waals surface area contributed by atoms with Gasteiger partial charge in [-0.1, -0.05) is 43.9 Å². The molecule has 1 atom stereocenters. The minimum atomic E-state index is 0.107. The van der Waals surface area contributed by atoms with Crippen LogP contribution in [0.3, 0.4) is 0 Å². The summed E-state index contributed by atoms with van der Waals surface area (Å²) in [6.07, 6.45) is 0.751. The van der Waals surface area contributed by atoms with Crippen molar-refractivity contribution in [3.05, 3.63) is 35.4 Å². The molecule has 1 unspecified atom stereocenters. The van der Waals surface area contributed by atoms with Crippen molar-refractivity contribution in [2.75, 3.05) is 6.61 Å². The molecule has 18 heavy (non-hydrogen) atoms. The quantitative estimate of drug-likeness (QED) is 0.809. The molecular formula is C16H22O2. The molecule has 0 saturated heterocycles. The molecule has 0 spiro atoms. The highest BCUT2D eigenvalue weighted by atomic mass is 16.5. The van der Waals surface area contributed by atoms with Gasteiger partial charge in [-0.25, -0.2) is 0 Å². The van der Waals surface area contributed by atoms with Crippen molar-refractivity contribution in [2.45, 2.75) is 39.9 Å². The largest absolute Gasteiger partial charge is 0.395 e. The zero-order chi connectivity index (χ0) is 13.4. The van der Waals surface area contributed by atoms with Crippen molar-refractivity contribution >= 4 is 0 Å². The van der Waals surface area contributed by atoms with Gasteiger partial charge in [0.1, 0.15) is 0 Å². The molecule has 0 aliphatic heterocycles. The van der Waals surface area contributed by atoms with Crippen molar-refractivity contribution in [3.8, 4) is 11.8 Å². The predicted molar refractivity (Wildman–Crippen MR) is 74.1 cm³/mol. The summed E-state index contributed by atoms with van der Waals surface area (Å²) < 4.78 is 5.82. The van der Waals surface area contributed by atoms with Gasteiger partial charge in [0.25, 0.3) is 0 Å². The van der Waals surface area contributed by atoms with E-state index in [1.165, 1.54) is 0 Å². The second-order valence-electron chi connectivity index (χ2n) is 4.69. The van der Waals surface area contributed by atoms with E-state index in [0.717, 1.165) is 11.1 Å². The summed E-state index contributed by atoms with van der Waals surface area (Å²) in [5.74, 6) is 6.54. The maximum atomic E-state index is 8.72. The van der Waals surface area contributed by atoms with Crippen LogP contribution >= 0.6 is 0 Å². The van der Waals surface area contributed by atoms with Crippen LogP contribution in [0.25, 0.3) is 0 Å². The minimum Gasteiger partial charge on any atom is -0.395 e. The van der Waals surface area contributed by atoms with Gasteiger partial charge in [0, 0.05) is 12.0 Å². The number of benzene rings is 1. The van der Waals surface area contributed by atoms with Crippen LogP contribution in [0.5, 0.6) is 0 Å². The van der Waals surface area contributed by atoms with Crippen LogP contribution in [0.2, 0.25) is 0 Å². The Morgan fingerprint density at radius 2 is 1.94 bits per heavy atom. The van der Waals surface area contributed by atoms with Gasteiger partial charge in [-0.05, 0) is 24.5 Å². The van der Waals surface area contributed by atoms with Crippen LogP contribution in [-0.4, -0.2) is 17.8 Å². The third-order valence-corrected chi connectivity index (χ3v) is 2.92. The van der Waals surface area contributed by atoms with Gasteiger partial charge < -0.3 is 9.84 Å². The van der Waals surface area contributed by atoms with E-state index in [2.05, 4.69) is 32.6 Å². The smallest absolute Gasteiger partial charge is 0.0732 e. The van der Waals surface area contributed by atoms with E-state index in [1.54, 1.807) is 0 Å². The van der Waals surface area contributed by atoms with E-state index >= 15 is 0 Å². The summed E-state index contributed by atoms with van der Waals surface area (Å²) in [5, 5.41) is 8.72. The third-order valence-electron chi connectivity index (χ3n) is 2.92. The Morgan fingerprint density at radius 3 is 2.61 bits per heavy atom. The highest BCUT2D eigenvalue weighted by Crippen LogP contribution is 2.13. The standard InChI is InChI=1S/C16H22O2/c1-13(2)14(3)18-12-16-10-5-4-8-15(16)9-6-7-11-17/h4-5,8,10,13-14,17H,7,11-12H2,1-3H3. The van der Waals surface area contributed by atoms with Gasteiger partial charge in [0.2, 0.25) is 0 Å². The molecule has 1 aromatic carbocycles. The predicted octanol–water partition coefficient (Wildman–Crippen LogP) is 2.98. The minimum absolute atomic E-state index is 0.107. The van der Waals surface area contributed by atoms with Crippen LogP contribution in [0.1, 0.15) is 38.3 Å². The van der Waals surface area contributed by atoms with Crippen molar-refractivity contribution in [2.24, 2.45) is 5.92 Å². The SMILES string of the molecule is CC(C)C(C)OCc1ccccc1C#CCCO. The first kappa shape index (κ1) is 14.8. The van der Waals surface area contributed by atoms with E-state index in [0.29, 0.717) is 18.9 Å². The van der Waals surface area contributed by atoms with E-state index in [1.807, 2.05) is 24.3 Å². The molecule has 0 aliphatic rings. The summed E-state index contributed by atoms with van der Waals surface area (Å²) in [4.78, 5) is 0. The number of aliphatic hydroxyl groups excluding tert-OH is 1. The Kier molecular flexibility index (Phi) is 6.49. The van der Waals surface area contributed by atoms with E-state index in [9.17, 15) is 0 Å². The first-order valence-corrected chi connectivity index (χ1v) is 6.44. The van der Waals surface area contributed by atoms with E-state index < -0.39 is 0 Å². The second-order valence-corrected chi connectivity index (χ2v) is 4.69. The summed E-state index contributed by atoms with van der Waals surface area (Å²) in [6.45, 7) is 7.08. The van der Waals surface area contributed by atoms with Gasteiger partial charge in [-0.15, -0.1) is 0 Å². The Balaban J connectivity index is 2.68. The number of hydrogen-bond donors (Lipinski definition) is 1. The van der Waals surface area contributed by atoms with Crippen molar-refractivity contribution in [1.29, 1.82) is 0 Å². The fraction of sp³-hybridized carbons (Fsp3) is 0.500. The molecular weight excluding hydrogens is 224 g/mol. The van der Waals surface area contributed by atoms with Crippen LogP contribution in [0.4, 0.5) is 0 Å². The van der Waals surface area contributed by atoms with Gasteiger partial charge in [0.05, 0.1) is 19.3 Å². The van der Waals surface area contributed by atoms with E-state index in [-0.39, 0.29) is 12.7 Å². The van der Waals surface area contributed by atoms with Crippen LogP contribution in [-0.2, 0) is 11.3 Å². The molecule has 0 radical (unpaired) electrons. The zero-order valence-electron chi connectivity index (χ0n) is 11.4. The maximum absolute atomic E-state index is 8.72. The lowest BCUT2D eigenvalue weighted by Crippen LogP contribution is -2.15. The van der Waals surface area contributed by atoms with Crippen molar-refractivity contribution < 1.29 is 9.84 Å². The highest BCUT2D eigenvalue weighted by molar-refractivity contribution is 5.40. The van der Waals surface area contributed by atoms with Gasteiger partial charge in [0.15, 0.2) is 0 Å². The normalized spacial score (nSPS) is 12.1. The summed E-state index contributed by atoms with van der Waals surface area (Å²) in [5.41, 5.74) is 2.09. The summed E-state index contributed by atoms with van der Waals surface area (Å²) >= 11 is 0. The Morgan fingerprint density at radius 1 is 1.22 bits per heavy atom. The molecule has 0 heterocycles. The molecule has 0 aliphatic carbocycles. The van der Waals surface area contributed by atoms with Crippen LogP contribution < -0.4 is 0 Å². The molecule has 0 bridgehead atoms. The molecule has 0 aromatic heterocycles. The van der Waals surface area contributed by atoms with Crippen LogP contribution in [0, 0.1) is 17.8 Å². The fourth-order valence-corrected chi connectivity index (χ4v) is 1.40. The van der Waals surface area contributed by atoms with Crippen LogP contribution in [0.15, 0.2) is 24.3 Å². The number of ether oxygens (including phenoxy) is 1. The molecule has 1 N–H and O–H groups in total. The fourth-order valence-electron chi connectivity index (χ4n) is 1.40. The molecule has 0 fully saturated rings. The zero-order valence-corrected chi connectivity index (χ0v) is 11.4. The van der Waals surface area contributed by atoms with Gasteiger partial charge in [-0.3, -0.25) is 0 Å². The second kappa shape index (κ2) is 7.92. The van der Waals surface area contributed by atoms with Crippen molar-refractivity contribution in [1.82, 2.24) is 0 Å². The van der Waals surface area contributed by atoms with Gasteiger partial charge >= 0.3 is 0 Å². The lowest BCUT2D eigenvalue weighted by molar-refractivity contribution is 0.0234. The Bertz CT molecular complexity index is 413. The molecule has 98 valence electrons. The summed E-state index contributed by atoms with van der Waals surface area (Å²) in [7, 11) is 0. The average Bonchev–Trinajstić information content (AvgIpc) is 2.37. The third kappa shape index (κ3) is 4.91.